The van der Waals surface area contributed by atoms with Crippen LogP contribution in [0, 0.1) is 12.8 Å². The molecule has 328 valence electrons. The molecule has 4 heterocycles. The number of aryl methyl sites for hydroxylation is 1. The quantitative estimate of drug-likeness (QED) is 0.118. The molecule has 2 atom stereocenters. The third kappa shape index (κ3) is 6.01. The van der Waals surface area contributed by atoms with E-state index in [-0.39, 0.29) is 23.7 Å². The highest BCUT2D eigenvalue weighted by atomic mass is 28.3. The Morgan fingerprint density at radius 3 is 2.11 bits per heavy atom. The van der Waals surface area contributed by atoms with E-state index in [1.165, 1.54) is 83.5 Å². The van der Waals surface area contributed by atoms with Crippen LogP contribution in [-0.4, -0.2) is 17.6 Å². The smallest absolute Gasteiger partial charge is 0.304 e. The van der Waals surface area contributed by atoms with Crippen molar-refractivity contribution >= 4 is 62.8 Å². The summed E-state index contributed by atoms with van der Waals surface area (Å²) in [5.74, 6) is 1.58. The number of rotatable bonds is 7. The van der Waals surface area contributed by atoms with Crippen molar-refractivity contribution in [3.05, 3.63) is 172 Å². The first-order valence-electron chi connectivity index (χ1n) is 24.4. The molecule has 0 N–H and O–H groups in total. The summed E-state index contributed by atoms with van der Waals surface area (Å²) in [6, 6.07) is 48.8. The number of furan rings is 1. The number of hydrogen-bond donors (Lipinski definition) is 0. The lowest BCUT2D eigenvalue weighted by molar-refractivity contribution is -0.490. The van der Waals surface area contributed by atoms with Gasteiger partial charge in [0.2, 0.25) is 5.71 Å². The van der Waals surface area contributed by atoms with Crippen LogP contribution in [0.2, 0.25) is 19.6 Å². The zero-order chi connectivity index (χ0) is 45.5. The molecule has 10 aromatic rings. The Morgan fingerprint density at radius 2 is 1.38 bits per heavy atom. The van der Waals surface area contributed by atoms with Gasteiger partial charge in [0, 0.05) is 56.8 Å². The van der Waals surface area contributed by atoms with Gasteiger partial charge >= 0.3 is 5.65 Å². The molecular formula is C61H60N3OSi+. The number of fused-ring (bicyclic) bond motifs is 19. The zero-order valence-corrected chi connectivity index (χ0v) is 41.2. The van der Waals surface area contributed by atoms with Gasteiger partial charge in [-0.2, -0.15) is 8.97 Å². The van der Waals surface area contributed by atoms with Crippen molar-refractivity contribution in [1.29, 1.82) is 0 Å². The van der Waals surface area contributed by atoms with Crippen molar-refractivity contribution in [3.8, 4) is 27.9 Å². The second-order valence-electron chi connectivity index (χ2n) is 21.6. The Hall–Kier alpha value is -6.30. The molecule has 0 saturated carbocycles. The van der Waals surface area contributed by atoms with Crippen LogP contribution in [0.25, 0.3) is 77.5 Å². The van der Waals surface area contributed by atoms with Crippen molar-refractivity contribution in [3.63, 3.8) is 0 Å². The molecule has 0 amide bonds. The maximum Gasteiger partial charge on any atom is 0.304 e. The second-order valence-corrected chi connectivity index (χ2v) is 26.7. The van der Waals surface area contributed by atoms with Gasteiger partial charge in [-0.15, -0.1) is 0 Å². The summed E-state index contributed by atoms with van der Waals surface area (Å²) >= 11 is 0. The molecule has 4 nitrogen and oxygen atoms in total. The van der Waals surface area contributed by atoms with E-state index in [4.69, 9.17) is 9.40 Å². The van der Waals surface area contributed by atoms with Crippen LogP contribution >= 0.6 is 0 Å². The summed E-state index contributed by atoms with van der Waals surface area (Å²) in [5, 5.41) is 6.23. The van der Waals surface area contributed by atoms with Crippen LogP contribution in [0.4, 0.5) is 0 Å². The summed E-state index contributed by atoms with van der Waals surface area (Å²) in [5.41, 5.74) is 22.9. The van der Waals surface area contributed by atoms with Crippen LogP contribution < -0.4 is 9.59 Å². The number of aromatic nitrogens is 3. The largest absolute Gasteiger partial charge is 0.437 e. The SMILES string of the molecule is Cc1ccc2c(n1)oc1c2ccc2c3c([n+]4c5ccccc5n(-c5c(C(C)C)cc(-c6ccccc6)cc5C(C)C)c4c21)CC1c2cc([Si](C)(C)C)c(CC(C)C)cc2-c2ccccc2C31. The van der Waals surface area contributed by atoms with Crippen molar-refractivity contribution < 1.29 is 8.82 Å². The fraction of sp³-hybridized carbons (Fsp3) is 0.279. The minimum atomic E-state index is -1.71. The van der Waals surface area contributed by atoms with Gasteiger partial charge in [0.05, 0.1) is 8.07 Å². The fourth-order valence-electron chi connectivity index (χ4n) is 12.3. The van der Waals surface area contributed by atoms with E-state index in [9.17, 15) is 0 Å². The average Bonchev–Trinajstić information content (AvgIpc) is 3.98. The van der Waals surface area contributed by atoms with E-state index >= 15 is 0 Å². The molecule has 0 fully saturated rings. The summed E-state index contributed by atoms with van der Waals surface area (Å²) < 4.78 is 12.5. The first-order chi connectivity index (χ1) is 31.8. The Balaban J connectivity index is 1.26. The van der Waals surface area contributed by atoms with Crippen molar-refractivity contribution in [2.45, 2.75) is 105 Å². The van der Waals surface area contributed by atoms with E-state index in [2.05, 4.69) is 204 Å². The maximum atomic E-state index is 7.16. The average molecular weight is 879 g/mol. The third-order valence-electron chi connectivity index (χ3n) is 15.1. The summed E-state index contributed by atoms with van der Waals surface area (Å²) in [4.78, 5) is 5.00. The van der Waals surface area contributed by atoms with Crippen molar-refractivity contribution in [2.24, 2.45) is 5.92 Å². The molecule has 0 spiro atoms. The number of imidazole rings is 1. The second kappa shape index (κ2) is 14.9. The predicted molar refractivity (Wildman–Crippen MR) is 279 cm³/mol. The molecule has 0 radical (unpaired) electrons. The van der Waals surface area contributed by atoms with Gasteiger partial charge in [-0.1, -0.05) is 151 Å². The van der Waals surface area contributed by atoms with Gasteiger partial charge in [-0.05, 0) is 113 Å². The van der Waals surface area contributed by atoms with E-state index in [1.807, 2.05) is 0 Å². The molecular weight excluding hydrogens is 819 g/mol. The maximum absolute atomic E-state index is 7.16. The number of pyridine rings is 2. The van der Waals surface area contributed by atoms with Crippen molar-refractivity contribution in [2.75, 3.05) is 0 Å². The minimum absolute atomic E-state index is 0.181. The van der Waals surface area contributed by atoms with Crippen LogP contribution in [0.1, 0.15) is 110 Å². The van der Waals surface area contributed by atoms with Gasteiger partial charge in [-0.3, -0.25) is 0 Å². The van der Waals surface area contributed by atoms with E-state index in [0.29, 0.717) is 11.6 Å². The lowest BCUT2D eigenvalue weighted by Crippen LogP contribution is -2.41. The number of benzene rings is 6. The molecule has 2 aliphatic carbocycles. The van der Waals surface area contributed by atoms with E-state index in [0.717, 1.165) is 40.3 Å². The first-order valence-corrected chi connectivity index (χ1v) is 27.9. The van der Waals surface area contributed by atoms with Gasteiger partial charge in [0.1, 0.15) is 16.8 Å². The zero-order valence-electron chi connectivity index (χ0n) is 40.2. The van der Waals surface area contributed by atoms with Gasteiger partial charge in [0.25, 0.3) is 0 Å². The highest BCUT2D eigenvalue weighted by Crippen LogP contribution is 2.58. The topological polar surface area (TPSA) is 35.1 Å². The molecule has 5 heteroatoms. The van der Waals surface area contributed by atoms with Gasteiger partial charge in [0.15, 0.2) is 16.6 Å². The summed E-state index contributed by atoms with van der Waals surface area (Å²) in [6.45, 7) is 23.9. The summed E-state index contributed by atoms with van der Waals surface area (Å²) in [6.07, 6.45) is 2.05. The highest BCUT2D eigenvalue weighted by molar-refractivity contribution is 6.89. The number of para-hydroxylation sites is 2. The van der Waals surface area contributed by atoms with Crippen LogP contribution in [0.5, 0.6) is 0 Å². The Kier molecular flexibility index (Phi) is 9.26. The molecule has 2 unspecified atom stereocenters. The molecule has 12 rings (SSSR count). The molecule has 6 aromatic carbocycles. The van der Waals surface area contributed by atoms with E-state index in [1.54, 1.807) is 10.8 Å². The first kappa shape index (κ1) is 41.2. The fourth-order valence-corrected chi connectivity index (χ4v) is 14.0. The standard InChI is InChI=1S/C61H60N3OSi/c1-34(2)28-40-31-48-41-20-14-15-21-42(41)55-50(49(48)33-54(40)66(8,9)10)32-53-56(55)45-27-26-43-44-25-24-37(7)62-60(44)65-59(43)57(45)61-63(53)51-22-16-17-23-52(51)64(61)58-46(35(3)4)29-39(30-47(58)36(5)6)38-18-12-11-13-19-38/h11-27,29-31,33-36,50,55H,28,32H2,1-10H3/q+1. The molecule has 66 heavy (non-hydrogen) atoms. The van der Waals surface area contributed by atoms with Crippen molar-refractivity contribution in [1.82, 2.24) is 9.55 Å². The molecule has 0 bridgehead atoms. The van der Waals surface area contributed by atoms with Crippen LogP contribution in [-0.2, 0) is 12.8 Å². The Morgan fingerprint density at radius 1 is 0.697 bits per heavy atom. The highest BCUT2D eigenvalue weighted by Gasteiger charge is 2.47. The van der Waals surface area contributed by atoms with E-state index < -0.39 is 8.07 Å². The molecule has 0 saturated heterocycles. The van der Waals surface area contributed by atoms with Gasteiger partial charge < -0.3 is 4.42 Å². The molecule has 4 aromatic heterocycles. The monoisotopic (exact) mass is 878 g/mol. The van der Waals surface area contributed by atoms with Crippen LogP contribution in [0.3, 0.4) is 0 Å². The Bertz CT molecular complexity index is 3610. The normalized spacial score (nSPS) is 15.8. The molecule has 0 aliphatic heterocycles. The predicted octanol–water partition coefficient (Wildman–Crippen LogP) is 15.2. The van der Waals surface area contributed by atoms with Crippen LogP contribution in [0.15, 0.2) is 132 Å². The number of nitrogens with zero attached hydrogens (tertiary/aromatic N) is 3. The molecule has 2 aliphatic rings. The minimum Gasteiger partial charge on any atom is -0.437 e. The third-order valence-corrected chi connectivity index (χ3v) is 17.2. The van der Waals surface area contributed by atoms with Gasteiger partial charge in [-0.25, -0.2) is 4.98 Å². The number of hydrogen-bond acceptors (Lipinski definition) is 2. The lowest BCUT2D eigenvalue weighted by Gasteiger charge is -2.34. The Labute approximate surface area is 390 Å². The lowest BCUT2D eigenvalue weighted by atomic mass is 9.71. The summed E-state index contributed by atoms with van der Waals surface area (Å²) in [7, 11) is -1.71.